The van der Waals surface area contributed by atoms with E-state index in [1.807, 2.05) is 18.4 Å². The predicted molar refractivity (Wildman–Crippen MR) is 115 cm³/mol. The fourth-order valence-electron chi connectivity index (χ4n) is 3.54. The molecule has 2 aromatic heterocycles. The molecule has 0 amide bonds. The van der Waals surface area contributed by atoms with Crippen molar-refractivity contribution in [1.29, 1.82) is 0 Å². The van der Waals surface area contributed by atoms with Crippen molar-refractivity contribution in [3.05, 3.63) is 52.5 Å². The summed E-state index contributed by atoms with van der Waals surface area (Å²) in [4.78, 5) is 25.1. The fourth-order valence-corrected chi connectivity index (χ4v) is 3.54. The molecule has 0 saturated carbocycles. The highest BCUT2D eigenvalue weighted by atomic mass is 16.5. The third kappa shape index (κ3) is 4.61. The number of ketones is 1. The highest BCUT2D eigenvalue weighted by Crippen LogP contribution is 2.38. The van der Waals surface area contributed by atoms with Gasteiger partial charge in [-0.1, -0.05) is 5.16 Å². The maximum Gasteiger partial charge on any atom is 0.310 e. The number of Topliss-reactive ketones (excluding diaryl/α,β-unsaturated/α-hetero) is 1. The van der Waals surface area contributed by atoms with Gasteiger partial charge in [0.15, 0.2) is 23.9 Å². The van der Waals surface area contributed by atoms with E-state index in [9.17, 15) is 9.59 Å². The number of methoxy groups -OCH3 is 3. The van der Waals surface area contributed by atoms with Gasteiger partial charge < -0.3 is 23.5 Å². The second-order valence-electron chi connectivity index (χ2n) is 7.21. The summed E-state index contributed by atoms with van der Waals surface area (Å²) >= 11 is 0. The Morgan fingerprint density at radius 2 is 1.62 bits per heavy atom. The molecule has 0 bridgehead atoms. The van der Waals surface area contributed by atoms with E-state index in [0.29, 0.717) is 45.6 Å². The van der Waals surface area contributed by atoms with Crippen LogP contribution in [0.5, 0.6) is 17.2 Å². The van der Waals surface area contributed by atoms with Crippen molar-refractivity contribution in [1.82, 2.24) is 9.72 Å². The van der Waals surface area contributed by atoms with E-state index < -0.39 is 5.97 Å². The quantitative estimate of drug-likeness (QED) is 0.367. The topological polar surface area (TPSA) is 102 Å². The molecule has 0 unspecified atom stereocenters. The van der Waals surface area contributed by atoms with Gasteiger partial charge in [0, 0.05) is 23.0 Å². The van der Waals surface area contributed by atoms with Gasteiger partial charge in [0.1, 0.15) is 5.76 Å². The van der Waals surface area contributed by atoms with Crippen LogP contribution in [0.25, 0.3) is 5.82 Å². The molecule has 0 aliphatic heterocycles. The third-order valence-corrected chi connectivity index (χ3v) is 5.01. The minimum Gasteiger partial charge on any atom is -0.493 e. The number of hydrogen-bond donors (Lipinski definition) is 0. The molecule has 2 heterocycles. The Kier molecular flexibility index (Phi) is 6.87. The molecular formula is C23H26N2O7. The molecule has 0 atom stereocenters. The summed E-state index contributed by atoms with van der Waals surface area (Å²) in [5, 5.41) is 4.00. The van der Waals surface area contributed by atoms with Gasteiger partial charge in [0.05, 0.1) is 27.8 Å². The van der Waals surface area contributed by atoms with Crippen LogP contribution in [0.2, 0.25) is 0 Å². The third-order valence-electron chi connectivity index (χ3n) is 5.01. The maximum atomic E-state index is 12.7. The van der Waals surface area contributed by atoms with E-state index in [-0.39, 0.29) is 18.8 Å². The number of nitrogens with zero attached hydrogens (tertiary/aromatic N) is 2. The molecule has 3 aromatic rings. The van der Waals surface area contributed by atoms with E-state index >= 15 is 0 Å². The smallest absolute Gasteiger partial charge is 0.310 e. The normalized spacial score (nSPS) is 10.7. The lowest BCUT2D eigenvalue weighted by Gasteiger charge is -2.14. The lowest BCUT2D eigenvalue weighted by molar-refractivity contribution is -0.141. The zero-order valence-electron chi connectivity index (χ0n) is 19.0. The fraction of sp³-hybridized carbons (Fsp3) is 0.348. The Labute approximate surface area is 185 Å². The highest BCUT2D eigenvalue weighted by molar-refractivity contribution is 5.99. The van der Waals surface area contributed by atoms with E-state index in [1.54, 1.807) is 31.2 Å². The van der Waals surface area contributed by atoms with Crippen molar-refractivity contribution < 1.29 is 33.1 Å². The molecule has 0 saturated heterocycles. The zero-order valence-corrected chi connectivity index (χ0v) is 19.0. The number of esters is 1. The zero-order chi connectivity index (χ0) is 23.4. The number of hydrogen-bond acceptors (Lipinski definition) is 8. The summed E-state index contributed by atoms with van der Waals surface area (Å²) in [6.07, 6.45) is -0.0543. The van der Waals surface area contributed by atoms with Gasteiger partial charge >= 0.3 is 5.97 Å². The first kappa shape index (κ1) is 22.9. The van der Waals surface area contributed by atoms with Crippen molar-refractivity contribution in [2.75, 3.05) is 27.9 Å². The monoisotopic (exact) mass is 442 g/mol. The van der Waals surface area contributed by atoms with Crippen molar-refractivity contribution >= 4 is 11.8 Å². The number of rotatable bonds is 9. The number of carbonyl (C=O) groups excluding carboxylic acids is 2. The molecule has 170 valence electrons. The average Bonchev–Trinajstić information content (AvgIpc) is 3.32. The van der Waals surface area contributed by atoms with Crippen LogP contribution in [-0.4, -0.2) is 49.4 Å². The first-order valence-electron chi connectivity index (χ1n) is 9.89. The standard InChI is InChI=1S/C23H26N2O7/c1-13-7-17(15(3)25(13)21-8-14(2)32-24-21)18(26)12-31-22(27)11-16-9-19(28-4)23(30-6)20(10-16)29-5/h7-10H,11-12H2,1-6H3. The molecule has 0 radical (unpaired) electrons. The number of benzene rings is 1. The van der Waals surface area contributed by atoms with Crippen molar-refractivity contribution in [2.24, 2.45) is 0 Å². The molecular weight excluding hydrogens is 416 g/mol. The van der Waals surface area contributed by atoms with Crippen LogP contribution < -0.4 is 14.2 Å². The average molecular weight is 442 g/mol. The molecule has 0 aliphatic carbocycles. The summed E-state index contributed by atoms with van der Waals surface area (Å²) in [7, 11) is 4.49. The molecule has 0 fully saturated rings. The molecule has 0 N–H and O–H groups in total. The van der Waals surface area contributed by atoms with Gasteiger partial charge in [-0.15, -0.1) is 0 Å². The Morgan fingerprint density at radius 3 is 2.16 bits per heavy atom. The summed E-state index contributed by atoms with van der Waals surface area (Å²) in [5.74, 6) is 1.70. The van der Waals surface area contributed by atoms with E-state index in [0.717, 1.165) is 5.69 Å². The molecule has 0 aliphatic rings. The Hall–Kier alpha value is -3.75. The Balaban J connectivity index is 1.69. The summed E-state index contributed by atoms with van der Waals surface area (Å²) in [5.41, 5.74) is 2.59. The molecule has 0 spiro atoms. The first-order valence-corrected chi connectivity index (χ1v) is 9.89. The minimum absolute atomic E-state index is 0.0543. The van der Waals surface area contributed by atoms with Crippen LogP contribution >= 0.6 is 0 Å². The van der Waals surface area contributed by atoms with Crippen LogP contribution in [0.4, 0.5) is 0 Å². The molecule has 3 rings (SSSR count). The largest absolute Gasteiger partial charge is 0.493 e. The van der Waals surface area contributed by atoms with E-state index in [4.69, 9.17) is 23.5 Å². The molecule has 9 nitrogen and oxygen atoms in total. The number of carbonyl (C=O) groups is 2. The predicted octanol–water partition coefficient (Wildman–Crippen LogP) is 3.38. The molecule has 32 heavy (non-hydrogen) atoms. The minimum atomic E-state index is -0.548. The Bertz CT molecular complexity index is 1120. The second kappa shape index (κ2) is 9.59. The lowest BCUT2D eigenvalue weighted by atomic mass is 10.1. The molecule has 9 heteroatoms. The number of ether oxygens (including phenoxy) is 4. The highest BCUT2D eigenvalue weighted by Gasteiger charge is 2.20. The van der Waals surface area contributed by atoms with Gasteiger partial charge in [-0.05, 0) is 44.5 Å². The first-order chi connectivity index (χ1) is 15.3. The van der Waals surface area contributed by atoms with Crippen LogP contribution in [0.1, 0.15) is 33.1 Å². The summed E-state index contributed by atoms with van der Waals surface area (Å²) in [6, 6.07) is 6.86. The Morgan fingerprint density at radius 1 is 0.969 bits per heavy atom. The second-order valence-corrected chi connectivity index (χ2v) is 7.21. The van der Waals surface area contributed by atoms with Crippen LogP contribution in [0.3, 0.4) is 0 Å². The summed E-state index contributed by atoms with van der Waals surface area (Å²) in [6.45, 7) is 5.10. The number of aryl methyl sites for hydroxylation is 2. The van der Waals surface area contributed by atoms with Gasteiger partial charge in [-0.3, -0.25) is 14.2 Å². The van der Waals surface area contributed by atoms with Crippen LogP contribution in [0.15, 0.2) is 28.8 Å². The van der Waals surface area contributed by atoms with Crippen molar-refractivity contribution in [3.8, 4) is 23.1 Å². The van der Waals surface area contributed by atoms with E-state index in [1.165, 1.54) is 21.3 Å². The van der Waals surface area contributed by atoms with Crippen molar-refractivity contribution in [3.63, 3.8) is 0 Å². The van der Waals surface area contributed by atoms with Crippen LogP contribution in [0, 0.1) is 20.8 Å². The molecule has 1 aromatic carbocycles. The van der Waals surface area contributed by atoms with Crippen LogP contribution in [-0.2, 0) is 16.0 Å². The summed E-state index contributed by atoms with van der Waals surface area (Å²) < 4.78 is 28.1. The lowest BCUT2D eigenvalue weighted by Crippen LogP contribution is -2.16. The van der Waals surface area contributed by atoms with E-state index in [2.05, 4.69) is 5.16 Å². The number of aromatic nitrogens is 2. The SMILES string of the molecule is COc1cc(CC(=O)OCC(=O)c2cc(C)n(-c3cc(C)on3)c2C)cc(OC)c1OC. The van der Waals surface area contributed by atoms with Gasteiger partial charge in [-0.2, -0.15) is 0 Å². The van der Waals surface area contributed by atoms with Gasteiger partial charge in [0.25, 0.3) is 0 Å². The van der Waals surface area contributed by atoms with Crippen molar-refractivity contribution in [2.45, 2.75) is 27.2 Å². The van der Waals surface area contributed by atoms with Gasteiger partial charge in [0.2, 0.25) is 11.5 Å². The maximum absolute atomic E-state index is 12.7. The van der Waals surface area contributed by atoms with Gasteiger partial charge in [-0.25, -0.2) is 0 Å².